The van der Waals surface area contributed by atoms with Gasteiger partial charge in [0.2, 0.25) is 0 Å². The van der Waals surface area contributed by atoms with Crippen LogP contribution in [-0.4, -0.2) is 41.6 Å². The largest absolute Gasteiger partial charge is 0.311 e. The van der Waals surface area contributed by atoms with E-state index in [2.05, 4.69) is 48.3 Å². The van der Waals surface area contributed by atoms with Gasteiger partial charge in [-0.3, -0.25) is 4.90 Å². The van der Waals surface area contributed by atoms with Crippen molar-refractivity contribution in [2.75, 3.05) is 19.6 Å². The molecule has 3 nitrogen and oxygen atoms in total. The van der Waals surface area contributed by atoms with Crippen molar-refractivity contribution in [2.45, 2.75) is 46.2 Å². The highest BCUT2D eigenvalue weighted by atomic mass is 32.1. The number of piperazine rings is 1. The number of thiazole rings is 1. The molecule has 0 saturated carbocycles. The Bertz CT molecular complexity index is 375. The van der Waals surface area contributed by atoms with Crippen LogP contribution in [0.5, 0.6) is 0 Å². The standard InChI is InChI=1S/C14H25N3S/c1-10(2)13-8-17(12(4)7-15-13)6-5-14-16-11(3)9-18-14/h9-10,12-13,15H,5-8H2,1-4H3. The molecule has 1 aliphatic rings. The summed E-state index contributed by atoms with van der Waals surface area (Å²) in [6.45, 7) is 12.4. The van der Waals surface area contributed by atoms with Crippen LogP contribution in [0, 0.1) is 12.8 Å². The van der Waals surface area contributed by atoms with Gasteiger partial charge in [-0.05, 0) is 19.8 Å². The van der Waals surface area contributed by atoms with Crippen LogP contribution in [0.4, 0.5) is 0 Å². The van der Waals surface area contributed by atoms with E-state index in [1.807, 2.05) is 0 Å². The van der Waals surface area contributed by atoms with Gasteiger partial charge in [0.05, 0.1) is 5.01 Å². The van der Waals surface area contributed by atoms with Crippen molar-refractivity contribution >= 4 is 11.3 Å². The lowest BCUT2D eigenvalue weighted by Gasteiger charge is -2.40. The first-order chi connectivity index (χ1) is 8.56. The van der Waals surface area contributed by atoms with Crippen molar-refractivity contribution < 1.29 is 0 Å². The van der Waals surface area contributed by atoms with Crippen molar-refractivity contribution in [3.63, 3.8) is 0 Å². The normalized spacial score (nSPS) is 25.8. The second kappa shape index (κ2) is 6.13. The molecule has 0 spiro atoms. The zero-order valence-corrected chi connectivity index (χ0v) is 12.8. The van der Waals surface area contributed by atoms with Crippen LogP contribution >= 0.6 is 11.3 Å². The van der Waals surface area contributed by atoms with Gasteiger partial charge in [-0.2, -0.15) is 0 Å². The predicted molar refractivity (Wildman–Crippen MR) is 78.2 cm³/mol. The zero-order chi connectivity index (χ0) is 13.1. The van der Waals surface area contributed by atoms with Gasteiger partial charge in [-0.25, -0.2) is 4.98 Å². The quantitative estimate of drug-likeness (QED) is 0.907. The molecule has 2 rings (SSSR count). The van der Waals surface area contributed by atoms with E-state index in [9.17, 15) is 0 Å². The molecule has 2 unspecified atom stereocenters. The first kappa shape index (κ1) is 14.0. The van der Waals surface area contributed by atoms with Crippen LogP contribution in [0.3, 0.4) is 0 Å². The van der Waals surface area contributed by atoms with Crippen molar-refractivity contribution in [1.82, 2.24) is 15.2 Å². The molecule has 1 saturated heterocycles. The smallest absolute Gasteiger partial charge is 0.0940 e. The molecule has 2 heterocycles. The molecule has 102 valence electrons. The Morgan fingerprint density at radius 2 is 2.33 bits per heavy atom. The van der Waals surface area contributed by atoms with E-state index in [1.54, 1.807) is 11.3 Å². The molecule has 1 aliphatic heterocycles. The lowest BCUT2D eigenvalue weighted by Crippen LogP contribution is -2.57. The number of aromatic nitrogens is 1. The maximum Gasteiger partial charge on any atom is 0.0940 e. The fourth-order valence-electron chi connectivity index (χ4n) is 2.46. The summed E-state index contributed by atoms with van der Waals surface area (Å²) in [7, 11) is 0. The summed E-state index contributed by atoms with van der Waals surface area (Å²) in [6, 6.07) is 1.28. The summed E-state index contributed by atoms with van der Waals surface area (Å²) in [5.41, 5.74) is 1.16. The number of aryl methyl sites for hydroxylation is 1. The SMILES string of the molecule is Cc1csc(CCN2CC(C(C)C)NCC2C)n1. The second-order valence-electron chi connectivity index (χ2n) is 5.74. The minimum Gasteiger partial charge on any atom is -0.311 e. The molecule has 1 fully saturated rings. The van der Waals surface area contributed by atoms with Gasteiger partial charge in [0.25, 0.3) is 0 Å². The van der Waals surface area contributed by atoms with Gasteiger partial charge >= 0.3 is 0 Å². The molecular formula is C14H25N3S. The molecule has 0 aromatic carbocycles. The molecule has 1 aromatic heterocycles. The molecule has 0 amide bonds. The Hall–Kier alpha value is -0.450. The third kappa shape index (κ3) is 3.53. The minimum atomic E-state index is 0.638. The number of hydrogen-bond acceptors (Lipinski definition) is 4. The Morgan fingerprint density at radius 3 is 2.94 bits per heavy atom. The zero-order valence-electron chi connectivity index (χ0n) is 11.9. The van der Waals surface area contributed by atoms with Crippen molar-refractivity contribution in [2.24, 2.45) is 5.92 Å². The van der Waals surface area contributed by atoms with Gasteiger partial charge < -0.3 is 5.32 Å². The lowest BCUT2D eigenvalue weighted by atomic mass is 10.00. The lowest BCUT2D eigenvalue weighted by molar-refractivity contribution is 0.124. The third-order valence-electron chi connectivity index (χ3n) is 3.81. The van der Waals surface area contributed by atoms with E-state index >= 15 is 0 Å². The van der Waals surface area contributed by atoms with Crippen LogP contribution in [0.15, 0.2) is 5.38 Å². The molecule has 1 aromatic rings. The van der Waals surface area contributed by atoms with Crippen LogP contribution in [0.25, 0.3) is 0 Å². The van der Waals surface area contributed by atoms with Gasteiger partial charge in [-0.15, -0.1) is 11.3 Å². The van der Waals surface area contributed by atoms with E-state index in [0.717, 1.165) is 25.2 Å². The van der Waals surface area contributed by atoms with Crippen LogP contribution in [-0.2, 0) is 6.42 Å². The fraction of sp³-hybridized carbons (Fsp3) is 0.786. The predicted octanol–water partition coefficient (Wildman–Crippen LogP) is 2.31. The van der Waals surface area contributed by atoms with Crippen molar-refractivity contribution in [3.05, 3.63) is 16.1 Å². The fourth-order valence-corrected chi connectivity index (χ4v) is 3.23. The Labute approximate surface area is 115 Å². The second-order valence-corrected chi connectivity index (χ2v) is 6.68. The molecule has 4 heteroatoms. The summed E-state index contributed by atoms with van der Waals surface area (Å²) >= 11 is 1.79. The highest BCUT2D eigenvalue weighted by Gasteiger charge is 2.26. The summed E-state index contributed by atoms with van der Waals surface area (Å²) < 4.78 is 0. The summed E-state index contributed by atoms with van der Waals surface area (Å²) in [5, 5.41) is 7.07. The van der Waals surface area contributed by atoms with Gasteiger partial charge in [0.1, 0.15) is 0 Å². The van der Waals surface area contributed by atoms with Crippen molar-refractivity contribution in [3.8, 4) is 0 Å². The summed E-state index contributed by atoms with van der Waals surface area (Å²) in [5.74, 6) is 0.710. The molecular weight excluding hydrogens is 242 g/mol. The first-order valence-corrected chi connectivity index (χ1v) is 7.82. The molecule has 2 atom stereocenters. The average molecular weight is 267 g/mol. The van der Waals surface area contributed by atoms with Gasteiger partial charge in [-0.1, -0.05) is 13.8 Å². The molecule has 0 bridgehead atoms. The van der Waals surface area contributed by atoms with E-state index in [-0.39, 0.29) is 0 Å². The third-order valence-corrected chi connectivity index (χ3v) is 4.84. The highest BCUT2D eigenvalue weighted by molar-refractivity contribution is 7.09. The van der Waals surface area contributed by atoms with Crippen molar-refractivity contribution in [1.29, 1.82) is 0 Å². The molecule has 18 heavy (non-hydrogen) atoms. The Morgan fingerprint density at radius 1 is 1.56 bits per heavy atom. The number of rotatable bonds is 4. The van der Waals surface area contributed by atoms with Crippen LogP contribution in [0.2, 0.25) is 0 Å². The summed E-state index contributed by atoms with van der Waals surface area (Å²) in [4.78, 5) is 7.16. The van der Waals surface area contributed by atoms with Crippen LogP contribution < -0.4 is 5.32 Å². The van der Waals surface area contributed by atoms with E-state index < -0.39 is 0 Å². The maximum atomic E-state index is 4.55. The van der Waals surface area contributed by atoms with Gasteiger partial charge in [0.15, 0.2) is 0 Å². The number of nitrogens with one attached hydrogen (secondary N) is 1. The van der Waals surface area contributed by atoms with E-state index in [1.165, 1.54) is 11.6 Å². The Balaban J connectivity index is 1.86. The molecule has 1 N–H and O–H groups in total. The Kier molecular flexibility index (Phi) is 4.76. The van der Waals surface area contributed by atoms with Crippen LogP contribution in [0.1, 0.15) is 31.5 Å². The van der Waals surface area contributed by atoms with E-state index in [4.69, 9.17) is 0 Å². The molecule has 0 radical (unpaired) electrons. The average Bonchev–Trinajstić information content (AvgIpc) is 2.74. The topological polar surface area (TPSA) is 28.2 Å². The van der Waals surface area contributed by atoms with Gasteiger partial charge in [0, 0.05) is 49.2 Å². The monoisotopic (exact) mass is 267 g/mol. The summed E-state index contributed by atoms with van der Waals surface area (Å²) in [6.07, 6.45) is 1.09. The minimum absolute atomic E-state index is 0.638. The van der Waals surface area contributed by atoms with E-state index in [0.29, 0.717) is 18.0 Å². The highest BCUT2D eigenvalue weighted by Crippen LogP contribution is 2.15. The number of hydrogen-bond donors (Lipinski definition) is 1. The molecule has 0 aliphatic carbocycles. The number of nitrogens with zero attached hydrogens (tertiary/aromatic N) is 2. The first-order valence-electron chi connectivity index (χ1n) is 6.94. The maximum absolute atomic E-state index is 4.55.